The Kier molecular flexibility index (Phi) is 5.79. The van der Waals surface area contributed by atoms with Crippen LogP contribution < -0.4 is 21.3 Å². The molecule has 1 heterocycles. The van der Waals surface area contributed by atoms with Gasteiger partial charge in [-0.2, -0.15) is 0 Å². The quantitative estimate of drug-likeness (QED) is 0.651. The van der Waals surface area contributed by atoms with Crippen LogP contribution in [0.3, 0.4) is 0 Å². The van der Waals surface area contributed by atoms with Crippen molar-refractivity contribution in [1.82, 2.24) is 9.13 Å². The minimum atomic E-state index is -0.622. The van der Waals surface area contributed by atoms with E-state index >= 15 is 0 Å². The van der Waals surface area contributed by atoms with E-state index in [0.717, 1.165) is 5.69 Å². The SMILES string of the molecule is CCN(CC)c1cc2c(cc1NC(=O)c1cccc(Cl)c1)n(C)c(=O)c(=O)n2C. The van der Waals surface area contributed by atoms with Crippen LogP contribution in [0.25, 0.3) is 11.0 Å². The highest BCUT2D eigenvalue weighted by molar-refractivity contribution is 6.31. The average molecular weight is 415 g/mol. The van der Waals surface area contributed by atoms with Crippen LogP contribution in [0.1, 0.15) is 24.2 Å². The monoisotopic (exact) mass is 414 g/mol. The second-order valence-corrected chi connectivity index (χ2v) is 7.16. The highest BCUT2D eigenvalue weighted by Gasteiger charge is 2.17. The van der Waals surface area contributed by atoms with Gasteiger partial charge in [-0.1, -0.05) is 17.7 Å². The lowest BCUT2D eigenvalue weighted by Gasteiger charge is -2.25. The van der Waals surface area contributed by atoms with E-state index < -0.39 is 11.1 Å². The van der Waals surface area contributed by atoms with Crippen LogP contribution in [-0.4, -0.2) is 28.1 Å². The molecule has 29 heavy (non-hydrogen) atoms. The summed E-state index contributed by atoms with van der Waals surface area (Å²) in [6.07, 6.45) is 0. The number of fused-ring (bicyclic) bond motifs is 1. The van der Waals surface area contributed by atoms with E-state index in [0.29, 0.717) is 40.4 Å². The summed E-state index contributed by atoms with van der Waals surface area (Å²) in [5.41, 5.74) is 1.70. The van der Waals surface area contributed by atoms with Crippen molar-refractivity contribution in [2.75, 3.05) is 23.3 Å². The zero-order chi connectivity index (χ0) is 21.3. The van der Waals surface area contributed by atoms with E-state index in [1.807, 2.05) is 19.9 Å². The Morgan fingerprint density at radius 1 is 1.00 bits per heavy atom. The van der Waals surface area contributed by atoms with Gasteiger partial charge >= 0.3 is 11.1 Å². The largest absolute Gasteiger partial charge is 0.370 e. The number of nitrogens with zero attached hydrogens (tertiary/aromatic N) is 3. The van der Waals surface area contributed by atoms with E-state index in [-0.39, 0.29) is 5.91 Å². The van der Waals surface area contributed by atoms with Gasteiger partial charge in [-0.25, -0.2) is 0 Å². The van der Waals surface area contributed by atoms with E-state index in [1.54, 1.807) is 44.4 Å². The van der Waals surface area contributed by atoms with Crippen molar-refractivity contribution in [2.45, 2.75) is 13.8 Å². The Labute approximate surface area is 173 Å². The lowest BCUT2D eigenvalue weighted by atomic mass is 10.1. The third kappa shape index (κ3) is 3.78. The first-order chi connectivity index (χ1) is 13.8. The number of nitrogens with one attached hydrogen (secondary N) is 1. The Balaban J connectivity index is 2.23. The zero-order valence-corrected chi connectivity index (χ0v) is 17.6. The van der Waals surface area contributed by atoms with Crippen LogP contribution in [0.5, 0.6) is 0 Å². The van der Waals surface area contributed by atoms with E-state index in [1.165, 1.54) is 9.13 Å². The number of halogens is 1. The second kappa shape index (κ2) is 8.13. The molecular formula is C21H23ClN4O3. The minimum absolute atomic E-state index is 0.310. The molecule has 0 radical (unpaired) electrons. The lowest BCUT2D eigenvalue weighted by Crippen LogP contribution is -2.39. The van der Waals surface area contributed by atoms with Crippen LogP contribution in [0.15, 0.2) is 46.0 Å². The van der Waals surface area contributed by atoms with Crippen molar-refractivity contribution < 1.29 is 4.79 Å². The first-order valence-corrected chi connectivity index (χ1v) is 9.71. The molecular weight excluding hydrogens is 392 g/mol. The van der Waals surface area contributed by atoms with Crippen LogP contribution in [-0.2, 0) is 14.1 Å². The highest BCUT2D eigenvalue weighted by Crippen LogP contribution is 2.31. The Morgan fingerprint density at radius 3 is 2.14 bits per heavy atom. The molecule has 0 saturated carbocycles. The van der Waals surface area contributed by atoms with Gasteiger partial charge in [0, 0.05) is 37.8 Å². The van der Waals surface area contributed by atoms with Gasteiger partial charge < -0.3 is 19.4 Å². The van der Waals surface area contributed by atoms with Crippen LogP contribution >= 0.6 is 11.6 Å². The molecule has 0 unspecified atom stereocenters. The molecule has 1 aromatic heterocycles. The molecule has 2 aromatic carbocycles. The third-order valence-electron chi connectivity index (χ3n) is 5.05. The topological polar surface area (TPSA) is 76.3 Å². The number of benzene rings is 2. The third-order valence-corrected chi connectivity index (χ3v) is 5.28. The number of aromatic nitrogens is 2. The fourth-order valence-electron chi connectivity index (χ4n) is 3.36. The maximum absolute atomic E-state index is 12.8. The number of aryl methyl sites for hydroxylation is 2. The van der Waals surface area contributed by atoms with Crippen molar-refractivity contribution in [3.63, 3.8) is 0 Å². The smallest absolute Gasteiger partial charge is 0.316 e. The highest BCUT2D eigenvalue weighted by atomic mass is 35.5. The summed E-state index contributed by atoms with van der Waals surface area (Å²) in [7, 11) is 3.12. The van der Waals surface area contributed by atoms with Gasteiger partial charge in [0.2, 0.25) is 0 Å². The van der Waals surface area contributed by atoms with Gasteiger partial charge in [-0.3, -0.25) is 14.4 Å². The summed E-state index contributed by atoms with van der Waals surface area (Å²) in [5, 5.41) is 3.40. The molecule has 0 saturated heterocycles. The molecule has 3 rings (SSSR count). The molecule has 152 valence electrons. The molecule has 7 nitrogen and oxygen atoms in total. The number of hydrogen-bond donors (Lipinski definition) is 1. The summed E-state index contributed by atoms with van der Waals surface area (Å²) in [4.78, 5) is 39.4. The summed E-state index contributed by atoms with van der Waals surface area (Å²) >= 11 is 6.01. The van der Waals surface area contributed by atoms with Gasteiger partial charge in [0.1, 0.15) is 0 Å². The van der Waals surface area contributed by atoms with Gasteiger partial charge in [-0.05, 0) is 44.2 Å². The predicted octanol–water partition coefficient (Wildman–Crippen LogP) is 2.99. The molecule has 0 aliphatic rings. The van der Waals surface area contributed by atoms with Gasteiger partial charge in [0.15, 0.2) is 0 Å². The normalized spacial score (nSPS) is 10.9. The minimum Gasteiger partial charge on any atom is -0.370 e. The molecule has 1 amide bonds. The Bertz CT molecular complexity index is 1210. The lowest BCUT2D eigenvalue weighted by molar-refractivity contribution is 0.102. The number of carbonyl (C=O) groups excluding carboxylic acids is 1. The molecule has 0 spiro atoms. The fraction of sp³-hybridized carbons (Fsp3) is 0.286. The molecule has 0 atom stereocenters. The summed E-state index contributed by atoms with van der Waals surface area (Å²) in [5.74, 6) is -0.310. The van der Waals surface area contributed by atoms with Crippen molar-refractivity contribution >= 4 is 39.9 Å². The maximum Gasteiger partial charge on any atom is 0.316 e. The molecule has 0 fully saturated rings. The first-order valence-electron chi connectivity index (χ1n) is 9.34. The van der Waals surface area contributed by atoms with Gasteiger partial charge in [0.05, 0.1) is 22.4 Å². The van der Waals surface area contributed by atoms with Crippen LogP contribution in [0.4, 0.5) is 11.4 Å². The van der Waals surface area contributed by atoms with Crippen LogP contribution in [0, 0.1) is 0 Å². The maximum atomic E-state index is 12.8. The number of hydrogen-bond acceptors (Lipinski definition) is 4. The molecule has 0 aliphatic heterocycles. The standard InChI is InChI=1S/C21H23ClN4O3/c1-5-26(6-2)16-12-18-17(24(3)20(28)21(29)25(18)4)11-15(16)23-19(27)13-8-7-9-14(22)10-13/h7-12H,5-6H2,1-4H3,(H,23,27). The molecule has 0 aliphatic carbocycles. The Hall–Kier alpha value is -3.06. The first kappa shape index (κ1) is 20.7. The summed E-state index contributed by atoms with van der Waals surface area (Å²) in [6, 6.07) is 10.2. The van der Waals surface area contributed by atoms with Crippen molar-refractivity contribution in [3.05, 3.63) is 67.7 Å². The molecule has 0 bridgehead atoms. The number of carbonyl (C=O) groups is 1. The summed E-state index contributed by atoms with van der Waals surface area (Å²) < 4.78 is 2.64. The average Bonchev–Trinajstić information content (AvgIpc) is 2.72. The van der Waals surface area contributed by atoms with E-state index in [2.05, 4.69) is 10.2 Å². The Morgan fingerprint density at radius 2 is 1.59 bits per heavy atom. The predicted molar refractivity (Wildman–Crippen MR) is 117 cm³/mol. The second-order valence-electron chi connectivity index (χ2n) is 6.72. The van der Waals surface area contributed by atoms with Crippen molar-refractivity contribution in [2.24, 2.45) is 14.1 Å². The van der Waals surface area contributed by atoms with Crippen LogP contribution in [0.2, 0.25) is 5.02 Å². The van der Waals surface area contributed by atoms with E-state index in [4.69, 9.17) is 11.6 Å². The van der Waals surface area contributed by atoms with Gasteiger partial charge in [0.25, 0.3) is 5.91 Å². The zero-order valence-electron chi connectivity index (χ0n) is 16.8. The molecule has 8 heteroatoms. The van der Waals surface area contributed by atoms with E-state index in [9.17, 15) is 14.4 Å². The summed E-state index contributed by atoms with van der Waals surface area (Å²) in [6.45, 7) is 5.44. The fourth-order valence-corrected chi connectivity index (χ4v) is 3.55. The van der Waals surface area contributed by atoms with Crippen molar-refractivity contribution in [3.8, 4) is 0 Å². The van der Waals surface area contributed by atoms with Gasteiger partial charge in [-0.15, -0.1) is 0 Å². The van der Waals surface area contributed by atoms with Crippen molar-refractivity contribution in [1.29, 1.82) is 0 Å². The number of anilines is 2. The molecule has 3 aromatic rings. The number of rotatable bonds is 5. The molecule has 1 N–H and O–H groups in total. The number of amides is 1.